The van der Waals surface area contributed by atoms with Crippen LogP contribution in [0.1, 0.15) is 60.4 Å². The normalized spacial score (nSPS) is 17.7. The van der Waals surface area contributed by atoms with Crippen LogP contribution in [0.5, 0.6) is 5.75 Å². The molecule has 0 radical (unpaired) electrons. The summed E-state index contributed by atoms with van der Waals surface area (Å²) in [5.41, 5.74) is 10.7. The third-order valence-corrected chi connectivity index (χ3v) is 5.59. The molecule has 2 atom stereocenters. The van der Waals surface area contributed by atoms with Crippen LogP contribution >= 0.6 is 0 Å². The highest BCUT2D eigenvalue weighted by molar-refractivity contribution is 5.44. The molecule has 3 rings (SSSR count). The zero-order chi connectivity index (χ0) is 18.5. The van der Waals surface area contributed by atoms with Crippen LogP contribution in [0.3, 0.4) is 0 Å². The van der Waals surface area contributed by atoms with Gasteiger partial charge in [-0.2, -0.15) is 0 Å². The first-order valence-electron chi connectivity index (χ1n) is 9.78. The van der Waals surface area contributed by atoms with Crippen LogP contribution in [0.2, 0.25) is 0 Å². The molecule has 1 aliphatic carbocycles. The largest absolute Gasteiger partial charge is 0.488 e. The van der Waals surface area contributed by atoms with Crippen LogP contribution in [0.25, 0.3) is 0 Å². The highest BCUT2D eigenvalue weighted by Gasteiger charge is 2.28. The van der Waals surface area contributed by atoms with Crippen molar-refractivity contribution in [3.63, 3.8) is 0 Å². The molecule has 0 bridgehead atoms. The standard InChI is InChI=1S/C23H31NO2/c1-16-13-20(21(24)22(25)19-11-7-4-8-12-19)14-17(2)23(16)26-15-18-9-5-3-6-10-18/h3,5-6,9-10,13-14,19,21-22,25H,4,7-8,11-12,15,24H2,1-2H3/t21-,22+/m1/s1. The molecule has 0 aromatic heterocycles. The molecular formula is C23H31NO2. The molecule has 1 saturated carbocycles. The highest BCUT2D eigenvalue weighted by atomic mass is 16.5. The number of aliphatic hydroxyl groups is 1. The van der Waals surface area contributed by atoms with E-state index in [4.69, 9.17) is 10.5 Å². The molecule has 0 spiro atoms. The van der Waals surface area contributed by atoms with E-state index in [1.165, 1.54) is 19.3 Å². The molecule has 3 N–H and O–H groups in total. The number of ether oxygens (including phenoxy) is 1. The van der Waals surface area contributed by atoms with Gasteiger partial charge in [-0.15, -0.1) is 0 Å². The number of hydrogen-bond donors (Lipinski definition) is 2. The zero-order valence-corrected chi connectivity index (χ0v) is 15.9. The van der Waals surface area contributed by atoms with Crippen LogP contribution in [0.4, 0.5) is 0 Å². The fourth-order valence-corrected chi connectivity index (χ4v) is 4.10. The lowest BCUT2D eigenvalue weighted by Gasteiger charge is -2.31. The van der Waals surface area contributed by atoms with E-state index >= 15 is 0 Å². The lowest BCUT2D eigenvalue weighted by Crippen LogP contribution is -2.34. The topological polar surface area (TPSA) is 55.5 Å². The zero-order valence-electron chi connectivity index (χ0n) is 15.9. The van der Waals surface area contributed by atoms with Gasteiger partial charge in [-0.3, -0.25) is 0 Å². The Bertz CT molecular complexity index is 684. The van der Waals surface area contributed by atoms with Gasteiger partial charge in [0.1, 0.15) is 12.4 Å². The van der Waals surface area contributed by atoms with Crippen molar-refractivity contribution in [1.82, 2.24) is 0 Å². The maximum absolute atomic E-state index is 10.7. The average molecular weight is 354 g/mol. The maximum atomic E-state index is 10.7. The Labute approximate surface area is 157 Å². The van der Waals surface area contributed by atoms with Crippen LogP contribution in [-0.4, -0.2) is 11.2 Å². The van der Waals surface area contributed by atoms with Gasteiger partial charge >= 0.3 is 0 Å². The van der Waals surface area contributed by atoms with Gasteiger partial charge in [-0.1, -0.05) is 61.7 Å². The van der Waals surface area contributed by atoms with Crippen molar-refractivity contribution < 1.29 is 9.84 Å². The molecule has 1 fully saturated rings. The second kappa shape index (κ2) is 8.70. The first-order chi connectivity index (χ1) is 12.6. The van der Waals surface area contributed by atoms with Gasteiger partial charge in [0.15, 0.2) is 0 Å². The summed E-state index contributed by atoms with van der Waals surface area (Å²) in [6.07, 6.45) is 5.41. The molecule has 0 heterocycles. The fourth-order valence-electron chi connectivity index (χ4n) is 4.10. The summed E-state index contributed by atoms with van der Waals surface area (Å²) in [4.78, 5) is 0. The van der Waals surface area contributed by atoms with Crippen molar-refractivity contribution in [2.75, 3.05) is 0 Å². The molecule has 1 aliphatic rings. The lowest BCUT2D eigenvalue weighted by atomic mass is 9.81. The van der Waals surface area contributed by atoms with E-state index in [0.29, 0.717) is 12.5 Å². The Balaban J connectivity index is 1.71. The van der Waals surface area contributed by atoms with Crippen molar-refractivity contribution in [1.29, 1.82) is 0 Å². The monoisotopic (exact) mass is 353 g/mol. The molecule has 0 unspecified atom stereocenters. The Morgan fingerprint density at radius 3 is 2.27 bits per heavy atom. The summed E-state index contributed by atoms with van der Waals surface area (Å²) in [6, 6.07) is 14.0. The number of hydrogen-bond acceptors (Lipinski definition) is 3. The minimum absolute atomic E-state index is 0.327. The number of benzene rings is 2. The van der Waals surface area contributed by atoms with E-state index in [1.807, 2.05) is 18.2 Å². The molecule has 2 aromatic rings. The summed E-state index contributed by atoms with van der Waals surface area (Å²) in [7, 11) is 0. The first-order valence-corrected chi connectivity index (χ1v) is 9.78. The molecule has 2 aromatic carbocycles. The summed E-state index contributed by atoms with van der Waals surface area (Å²) in [5, 5.41) is 10.7. The van der Waals surface area contributed by atoms with Crippen molar-refractivity contribution >= 4 is 0 Å². The predicted molar refractivity (Wildman–Crippen MR) is 106 cm³/mol. The van der Waals surface area contributed by atoms with Crippen LogP contribution in [0.15, 0.2) is 42.5 Å². The third kappa shape index (κ3) is 4.46. The molecule has 140 valence electrons. The number of rotatable bonds is 6. The predicted octanol–water partition coefficient (Wildman–Crippen LogP) is 4.82. The van der Waals surface area contributed by atoms with Gasteiger partial charge in [-0.05, 0) is 54.9 Å². The summed E-state index contributed by atoms with van der Waals surface area (Å²) >= 11 is 0. The van der Waals surface area contributed by atoms with Crippen LogP contribution < -0.4 is 10.5 Å². The van der Waals surface area contributed by atoms with Gasteiger partial charge in [0, 0.05) is 0 Å². The van der Waals surface area contributed by atoms with E-state index in [2.05, 4.69) is 38.1 Å². The lowest BCUT2D eigenvalue weighted by molar-refractivity contribution is 0.0617. The average Bonchev–Trinajstić information content (AvgIpc) is 2.67. The smallest absolute Gasteiger partial charge is 0.125 e. The third-order valence-electron chi connectivity index (χ3n) is 5.59. The van der Waals surface area contributed by atoms with Gasteiger partial charge < -0.3 is 15.6 Å². The molecule has 0 aliphatic heterocycles. The molecule has 0 saturated heterocycles. The van der Waals surface area contributed by atoms with Gasteiger partial charge in [0.25, 0.3) is 0 Å². The van der Waals surface area contributed by atoms with Gasteiger partial charge in [0.2, 0.25) is 0 Å². The number of nitrogens with two attached hydrogens (primary N) is 1. The van der Waals surface area contributed by atoms with Crippen LogP contribution in [0, 0.1) is 19.8 Å². The van der Waals surface area contributed by atoms with Gasteiger partial charge in [-0.25, -0.2) is 0 Å². The SMILES string of the molecule is Cc1cc([C@@H](N)[C@@H](O)C2CCCCC2)cc(C)c1OCc1ccccc1. The summed E-state index contributed by atoms with van der Waals surface area (Å²) < 4.78 is 6.06. The Kier molecular flexibility index (Phi) is 6.33. The van der Waals surface area contributed by atoms with Crippen molar-refractivity contribution in [2.45, 2.75) is 64.7 Å². The minimum atomic E-state index is -0.467. The maximum Gasteiger partial charge on any atom is 0.125 e. The van der Waals surface area contributed by atoms with E-state index in [1.54, 1.807) is 0 Å². The first kappa shape index (κ1) is 18.9. The minimum Gasteiger partial charge on any atom is -0.488 e. The molecule has 3 heteroatoms. The quantitative estimate of drug-likeness (QED) is 0.782. The Morgan fingerprint density at radius 1 is 1.04 bits per heavy atom. The van der Waals surface area contributed by atoms with E-state index in [9.17, 15) is 5.11 Å². The second-order valence-corrected chi connectivity index (χ2v) is 7.67. The second-order valence-electron chi connectivity index (χ2n) is 7.67. The molecule has 26 heavy (non-hydrogen) atoms. The van der Waals surface area contributed by atoms with E-state index < -0.39 is 6.10 Å². The number of aliphatic hydroxyl groups excluding tert-OH is 1. The van der Waals surface area contributed by atoms with E-state index in [-0.39, 0.29) is 6.04 Å². The summed E-state index contributed by atoms with van der Waals surface area (Å²) in [5.74, 6) is 1.24. The van der Waals surface area contributed by atoms with Crippen molar-refractivity contribution in [3.8, 4) is 5.75 Å². The molecular weight excluding hydrogens is 322 g/mol. The molecule has 0 amide bonds. The highest BCUT2D eigenvalue weighted by Crippen LogP contribution is 2.34. The number of aryl methyl sites for hydroxylation is 2. The fraction of sp³-hybridized carbons (Fsp3) is 0.478. The molecule has 3 nitrogen and oxygen atoms in total. The summed E-state index contributed by atoms with van der Waals surface area (Å²) in [6.45, 7) is 4.66. The van der Waals surface area contributed by atoms with Crippen molar-refractivity contribution in [2.24, 2.45) is 11.7 Å². The van der Waals surface area contributed by atoms with Crippen LogP contribution in [-0.2, 0) is 6.61 Å². The van der Waals surface area contributed by atoms with Crippen molar-refractivity contribution in [3.05, 3.63) is 64.7 Å². The van der Waals surface area contributed by atoms with E-state index in [0.717, 1.165) is 40.8 Å². The van der Waals surface area contributed by atoms with Gasteiger partial charge in [0.05, 0.1) is 12.1 Å². The Morgan fingerprint density at radius 2 is 1.65 bits per heavy atom. The Hall–Kier alpha value is -1.84.